The van der Waals surface area contributed by atoms with Gasteiger partial charge in [0.25, 0.3) is 9.84 Å². The SMILES string of the molecule is COC(=O)C(C)(C)C1CCCN(c2ccccc2S(=O)(=O)C(F)(F)F)C1. The molecule has 1 aliphatic rings. The molecule has 1 heterocycles. The van der Waals surface area contributed by atoms with Gasteiger partial charge in [0, 0.05) is 13.1 Å². The van der Waals surface area contributed by atoms with Crippen molar-refractivity contribution in [2.24, 2.45) is 11.3 Å². The van der Waals surface area contributed by atoms with Gasteiger partial charge in [-0.15, -0.1) is 0 Å². The summed E-state index contributed by atoms with van der Waals surface area (Å²) in [7, 11) is -4.18. The maximum absolute atomic E-state index is 13.0. The smallest absolute Gasteiger partial charge is 0.469 e. The predicted octanol–water partition coefficient (Wildman–Crippen LogP) is 3.40. The van der Waals surface area contributed by atoms with Gasteiger partial charge in [-0.05, 0) is 44.7 Å². The number of sulfone groups is 1. The van der Waals surface area contributed by atoms with Gasteiger partial charge in [-0.3, -0.25) is 4.79 Å². The fourth-order valence-corrected chi connectivity index (χ4v) is 4.26. The summed E-state index contributed by atoms with van der Waals surface area (Å²) in [5.74, 6) is -0.578. The summed E-state index contributed by atoms with van der Waals surface area (Å²) in [6, 6.07) is 5.10. The fourth-order valence-electron chi connectivity index (χ4n) is 3.29. The number of ether oxygens (including phenoxy) is 1. The molecule has 146 valence electrons. The van der Waals surface area contributed by atoms with Crippen LogP contribution >= 0.6 is 0 Å². The molecular formula is C17H22F3NO4S. The molecule has 1 aromatic carbocycles. The minimum atomic E-state index is -5.46. The molecule has 0 spiro atoms. The fraction of sp³-hybridized carbons (Fsp3) is 0.588. The molecule has 0 radical (unpaired) electrons. The molecule has 0 bridgehead atoms. The standard InChI is InChI=1S/C17H22F3NO4S/c1-16(2,15(22)25-3)12-7-6-10-21(11-12)13-8-4-5-9-14(13)26(23,24)17(18,19)20/h4-5,8-9,12H,6-7,10-11H2,1-3H3. The van der Waals surface area contributed by atoms with E-state index in [1.54, 1.807) is 18.7 Å². The number of hydrogen-bond acceptors (Lipinski definition) is 5. The number of carbonyl (C=O) groups is 1. The molecule has 1 atom stereocenters. The number of piperidine rings is 1. The van der Waals surface area contributed by atoms with Crippen LogP contribution in [0.5, 0.6) is 0 Å². The van der Waals surface area contributed by atoms with E-state index in [4.69, 9.17) is 4.74 Å². The molecule has 1 aromatic rings. The number of rotatable bonds is 4. The summed E-state index contributed by atoms with van der Waals surface area (Å²) >= 11 is 0. The Morgan fingerprint density at radius 1 is 1.23 bits per heavy atom. The number of methoxy groups -OCH3 is 1. The van der Waals surface area contributed by atoms with Gasteiger partial charge in [-0.2, -0.15) is 13.2 Å². The lowest BCUT2D eigenvalue weighted by Crippen LogP contribution is -2.45. The van der Waals surface area contributed by atoms with Crippen molar-refractivity contribution in [1.29, 1.82) is 0 Å². The van der Waals surface area contributed by atoms with Crippen LogP contribution in [0.2, 0.25) is 0 Å². The highest BCUT2D eigenvalue weighted by atomic mass is 32.2. The molecule has 2 rings (SSSR count). The number of nitrogens with zero attached hydrogens (tertiary/aromatic N) is 1. The predicted molar refractivity (Wildman–Crippen MR) is 90.4 cm³/mol. The highest BCUT2D eigenvalue weighted by Crippen LogP contribution is 2.40. The minimum absolute atomic E-state index is 0.00944. The number of carbonyl (C=O) groups excluding carboxylic acids is 1. The Balaban J connectivity index is 2.40. The first kappa shape index (κ1) is 20.5. The Bertz CT molecular complexity index is 774. The van der Waals surface area contributed by atoms with Crippen molar-refractivity contribution in [3.8, 4) is 0 Å². The molecule has 0 saturated carbocycles. The van der Waals surface area contributed by atoms with Gasteiger partial charge >= 0.3 is 11.5 Å². The lowest BCUT2D eigenvalue weighted by molar-refractivity contribution is -0.154. The van der Waals surface area contributed by atoms with Crippen LogP contribution in [0.25, 0.3) is 0 Å². The Labute approximate surface area is 151 Å². The van der Waals surface area contributed by atoms with Crippen LogP contribution in [0.4, 0.5) is 18.9 Å². The number of benzene rings is 1. The van der Waals surface area contributed by atoms with Crippen LogP contribution in [0, 0.1) is 11.3 Å². The number of para-hydroxylation sites is 1. The molecule has 0 N–H and O–H groups in total. The number of anilines is 1. The largest absolute Gasteiger partial charge is 0.501 e. The number of halogens is 3. The second-order valence-corrected chi connectivity index (χ2v) is 8.82. The van der Waals surface area contributed by atoms with Crippen molar-refractivity contribution in [3.63, 3.8) is 0 Å². The van der Waals surface area contributed by atoms with E-state index in [0.717, 1.165) is 6.07 Å². The third kappa shape index (κ3) is 3.67. The van der Waals surface area contributed by atoms with Gasteiger partial charge in [-0.25, -0.2) is 8.42 Å². The summed E-state index contributed by atoms with van der Waals surface area (Å²) in [5, 5.41) is 0. The summed E-state index contributed by atoms with van der Waals surface area (Å²) in [5.41, 5.74) is -6.19. The van der Waals surface area contributed by atoms with Crippen LogP contribution in [-0.4, -0.2) is 40.1 Å². The van der Waals surface area contributed by atoms with Crippen molar-refractivity contribution >= 4 is 21.5 Å². The molecule has 1 fully saturated rings. The third-order valence-corrected chi connectivity index (χ3v) is 6.49. The summed E-state index contributed by atoms with van der Waals surface area (Å²) < 4.78 is 67.7. The number of esters is 1. The Kier molecular flexibility index (Phi) is 5.60. The van der Waals surface area contributed by atoms with E-state index in [0.29, 0.717) is 19.4 Å². The zero-order valence-corrected chi connectivity index (χ0v) is 15.7. The van der Waals surface area contributed by atoms with E-state index in [9.17, 15) is 26.4 Å². The number of hydrogen-bond donors (Lipinski definition) is 0. The maximum atomic E-state index is 13.0. The topological polar surface area (TPSA) is 63.7 Å². The molecule has 1 saturated heterocycles. The average Bonchev–Trinajstić information content (AvgIpc) is 2.60. The molecule has 1 aliphatic heterocycles. The molecule has 26 heavy (non-hydrogen) atoms. The first-order valence-corrected chi connectivity index (χ1v) is 9.65. The van der Waals surface area contributed by atoms with E-state index in [1.165, 1.54) is 25.3 Å². The van der Waals surface area contributed by atoms with Crippen molar-refractivity contribution in [2.45, 2.75) is 37.1 Å². The normalized spacial score (nSPS) is 19.3. The lowest BCUT2D eigenvalue weighted by atomic mass is 9.74. The van der Waals surface area contributed by atoms with Gasteiger partial charge in [-0.1, -0.05) is 12.1 Å². The second-order valence-electron chi connectivity index (χ2n) is 6.92. The molecule has 5 nitrogen and oxygen atoms in total. The van der Waals surface area contributed by atoms with E-state index >= 15 is 0 Å². The van der Waals surface area contributed by atoms with Crippen molar-refractivity contribution < 1.29 is 31.1 Å². The van der Waals surface area contributed by atoms with Crippen LogP contribution in [0.1, 0.15) is 26.7 Å². The van der Waals surface area contributed by atoms with Gasteiger partial charge in [0.2, 0.25) is 0 Å². The van der Waals surface area contributed by atoms with Gasteiger partial charge < -0.3 is 9.64 Å². The minimum Gasteiger partial charge on any atom is -0.469 e. The van der Waals surface area contributed by atoms with Gasteiger partial charge in [0.1, 0.15) is 0 Å². The lowest BCUT2D eigenvalue weighted by Gasteiger charge is -2.41. The summed E-state index contributed by atoms with van der Waals surface area (Å²) in [4.78, 5) is 12.9. The van der Waals surface area contributed by atoms with Gasteiger partial charge in [0.05, 0.1) is 23.1 Å². The Morgan fingerprint density at radius 2 is 1.85 bits per heavy atom. The first-order valence-electron chi connectivity index (χ1n) is 8.16. The van der Waals surface area contributed by atoms with E-state index in [-0.39, 0.29) is 18.2 Å². The maximum Gasteiger partial charge on any atom is 0.501 e. The summed E-state index contributed by atoms with van der Waals surface area (Å²) in [6.07, 6.45) is 1.33. The third-order valence-electron chi connectivity index (χ3n) is 4.95. The van der Waals surface area contributed by atoms with Gasteiger partial charge in [0.15, 0.2) is 0 Å². The zero-order chi connectivity index (χ0) is 19.8. The molecular weight excluding hydrogens is 371 g/mol. The Morgan fingerprint density at radius 3 is 2.42 bits per heavy atom. The van der Waals surface area contributed by atoms with E-state index in [1.807, 2.05) is 0 Å². The molecule has 0 amide bonds. The van der Waals surface area contributed by atoms with Crippen molar-refractivity contribution in [1.82, 2.24) is 0 Å². The van der Waals surface area contributed by atoms with Crippen LogP contribution in [-0.2, 0) is 19.4 Å². The number of alkyl halides is 3. The first-order chi connectivity index (χ1) is 11.9. The highest BCUT2D eigenvalue weighted by molar-refractivity contribution is 7.92. The zero-order valence-electron chi connectivity index (χ0n) is 14.8. The monoisotopic (exact) mass is 393 g/mol. The summed E-state index contributed by atoms with van der Waals surface area (Å²) in [6.45, 7) is 4.14. The highest BCUT2D eigenvalue weighted by Gasteiger charge is 2.49. The van der Waals surface area contributed by atoms with E-state index < -0.39 is 31.6 Å². The molecule has 1 unspecified atom stereocenters. The van der Waals surface area contributed by atoms with Crippen molar-refractivity contribution in [2.75, 3.05) is 25.1 Å². The molecule has 0 aromatic heterocycles. The average molecular weight is 393 g/mol. The van der Waals surface area contributed by atoms with Crippen LogP contribution in [0.15, 0.2) is 29.2 Å². The second kappa shape index (κ2) is 7.09. The quantitative estimate of drug-likeness (QED) is 0.734. The Hall–Kier alpha value is -1.77. The molecule has 9 heteroatoms. The van der Waals surface area contributed by atoms with Crippen LogP contribution < -0.4 is 4.90 Å². The van der Waals surface area contributed by atoms with Crippen LogP contribution in [0.3, 0.4) is 0 Å². The van der Waals surface area contributed by atoms with E-state index in [2.05, 4.69) is 0 Å². The van der Waals surface area contributed by atoms with Crippen molar-refractivity contribution in [3.05, 3.63) is 24.3 Å². The molecule has 0 aliphatic carbocycles.